The van der Waals surface area contributed by atoms with Gasteiger partial charge >= 0.3 is 0 Å². The van der Waals surface area contributed by atoms with Crippen molar-refractivity contribution >= 4 is 46.2 Å². The van der Waals surface area contributed by atoms with Crippen LogP contribution in [-0.4, -0.2) is 34.6 Å². The minimum Gasteiger partial charge on any atom is -0.493 e. The molecule has 4 rings (SSSR count). The molecule has 2 aromatic carbocycles. The Bertz CT molecular complexity index is 1260. The van der Waals surface area contributed by atoms with Crippen molar-refractivity contribution < 1.29 is 14.3 Å². The van der Waals surface area contributed by atoms with Crippen molar-refractivity contribution in [3.8, 4) is 11.5 Å². The molecule has 1 aromatic heterocycles. The molecule has 1 saturated heterocycles. The van der Waals surface area contributed by atoms with Crippen LogP contribution in [0.5, 0.6) is 11.5 Å². The number of amides is 1. The van der Waals surface area contributed by atoms with Gasteiger partial charge in [0.25, 0.3) is 5.91 Å². The van der Waals surface area contributed by atoms with E-state index < -0.39 is 0 Å². The topological polar surface area (TPSA) is 64.0 Å². The number of rotatable bonds is 8. The first-order chi connectivity index (χ1) is 16.6. The molecule has 2 heterocycles. The maximum atomic E-state index is 13.0. The number of thioether (sulfide) groups is 1. The van der Waals surface area contributed by atoms with Crippen LogP contribution in [0, 0.1) is 0 Å². The number of methoxy groups -OCH3 is 1. The van der Waals surface area contributed by atoms with Gasteiger partial charge in [0.1, 0.15) is 6.61 Å². The third-order valence-corrected chi connectivity index (χ3v) is 6.27. The van der Waals surface area contributed by atoms with Crippen molar-refractivity contribution in [2.24, 2.45) is 4.99 Å². The number of carbonyl (C=O) groups excluding carboxylic acids is 1. The molecule has 0 atom stereocenters. The summed E-state index contributed by atoms with van der Waals surface area (Å²) >= 11 is 7.53. The van der Waals surface area contributed by atoms with Crippen LogP contribution in [0.25, 0.3) is 6.08 Å². The van der Waals surface area contributed by atoms with Crippen molar-refractivity contribution in [1.82, 2.24) is 9.88 Å². The predicted molar refractivity (Wildman–Crippen MR) is 138 cm³/mol. The van der Waals surface area contributed by atoms with Gasteiger partial charge in [-0.1, -0.05) is 41.9 Å². The smallest absolute Gasteiger partial charge is 0.267 e. The molecule has 8 heteroatoms. The lowest BCUT2D eigenvalue weighted by Gasteiger charge is -2.12. The molecule has 1 aliphatic rings. The van der Waals surface area contributed by atoms with E-state index in [1.165, 1.54) is 11.8 Å². The maximum absolute atomic E-state index is 13.0. The van der Waals surface area contributed by atoms with Crippen LogP contribution >= 0.6 is 23.4 Å². The van der Waals surface area contributed by atoms with E-state index in [-0.39, 0.29) is 5.91 Å². The number of hydrogen-bond acceptors (Lipinski definition) is 6. The number of halogens is 1. The van der Waals surface area contributed by atoms with Gasteiger partial charge in [0, 0.05) is 23.3 Å². The Morgan fingerprint density at radius 2 is 2.03 bits per heavy atom. The summed E-state index contributed by atoms with van der Waals surface area (Å²) in [6.45, 7) is 4.43. The highest BCUT2D eigenvalue weighted by molar-refractivity contribution is 8.18. The van der Waals surface area contributed by atoms with Gasteiger partial charge in [-0.15, -0.1) is 6.58 Å². The molecule has 0 spiro atoms. The maximum Gasteiger partial charge on any atom is 0.267 e. The van der Waals surface area contributed by atoms with Crippen molar-refractivity contribution in [2.75, 3.05) is 13.7 Å². The minimum absolute atomic E-state index is 0.134. The average molecular weight is 492 g/mol. The molecule has 172 valence electrons. The number of carbonyl (C=O) groups is 1. The number of aromatic nitrogens is 1. The van der Waals surface area contributed by atoms with Gasteiger partial charge in [0.15, 0.2) is 16.7 Å². The van der Waals surface area contributed by atoms with Gasteiger partial charge in [-0.25, -0.2) is 4.99 Å². The summed E-state index contributed by atoms with van der Waals surface area (Å²) < 4.78 is 11.4. The largest absolute Gasteiger partial charge is 0.493 e. The number of hydrogen-bond donors (Lipinski definition) is 0. The number of nitrogens with zero attached hydrogens (tertiary/aromatic N) is 3. The van der Waals surface area contributed by atoms with Crippen LogP contribution in [0.1, 0.15) is 11.1 Å². The van der Waals surface area contributed by atoms with E-state index in [0.717, 1.165) is 11.1 Å². The number of pyridine rings is 1. The summed E-state index contributed by atoms with van der Waals surface area (Å²) in [5.41, 5.74) is 2.36. The van der Waals surface area contributed by atoms with E-state index in [0.29, 0.717) is 45.4 Å². The second-order valence-electron chi connectivity index (χ2n) is 7.21. The van der Waals surface area contributed by atoms with Crippen LogP contribution in [0.2, 0.25) is 5.02 Å². The van der Waals surface area contributed by atoms with Crippen LogP contribution in [0.3, 0.4) is 0 Å². The van der Waals surface area contributed by atoms with Crippen molar-refractivity contribution in [3.05, 3.63) is 101 Å². The minimum atomic E-state index is -0.134. The monoisotopic (exact) mass is 491 g/mol. The molecule has 1 amide bonds. The lowest BCUT2D eigenvalue weighted by atomic mass is 10.1. The summed E-state index contributed by atoms with van der Waals surface area (Å²) in [4.78, 5) is 23.9. The van der Waals surface area contributed by atoms with Gasteiger partial charge in [-0.3, -0.25) is 14.7 Å². The Labute approximate surface area is 207 Å². The van der Waals surface area contributed by atoms with Crippen molar-refractivity contribution in [1.29, 1.82) is 0 Å². The molecule has 1 aliphatic heterocycles. The Morgan fingerprint density at radius 1 is 1.18 bits per heavy atom. The van der Waals surface area contributed by atoms with Gasteiger partial charge in [-0.2, -0.15) is 0 Å². The standard InChI is InChI=1S/C26H22ClN3O3S/c1-3-13-30-25(31)24(34-26(30)29-20-8-6-12-28-16-20)15-18-10-11-22(23(14-18)32-2)33-17-19-7-4-5-9-21(19)27/h3-12,14-16H,1,13,17H2,2H3/b24-15-,29-26?. The molecule has 3 aromatic rings. The highest BCUT2D eigenvalue weighted by Crippen LogP contribution is 2.36. The Morgan fingerprint density at radius 3 is 2.76 bits per heavy atom. The molecule has 6 nitrogen and oxygen atoms in total. The van der Waals surface area contributed by atoms with Crippen LogP contribution in [0.15, 0.2) is 89.5 Å². The summed E-state index contributed by atoms with van der Waals surface area (Å²) in [6, 6.07) is 16.7. The van der Waals surface area contributed by atoms with E-state index in [1.54, 1.807) is 36.5 Å². The first kappa shape index (κ1) is 23.6. The lowest BCUT2D eigenvalue weighted by Crippen LogP contribution is -2.29. The number of ether oxygens (including phenoxy) is 2. The Kier molecular flexibility index (Phi) is 7.67. The first-order valence-corrected chi connectivity index (χ1v) is 11.6. The fourth-order valence-electron chi connectivity index (χ4n) is 3.23. The molecular formula is C26H22ClN3O3S. The van der Waals surface area contributed by atoms with Gasteiger partial charge in [0.2, 0.25) is 0 Å². The highest BCUT2D eigenvalue weighted by atomic mass is 35.5. The zero-order valence-electron chi connectivity index (χ0n) is 18.5. The fraction of sp³-hybridized carbons (Fsp3) is 0.115. The lowest BCUT2D eigenvalue weighted by molar-refractivity contribution is -0.121. The van der Waals surface area contributed by atoms with Crippen molar-refractivity contribution in [3.63, 3.8) is 0 Å². The van der Waals surface area contributed by atoms with E-state index in [2.05, 4.69) is 16.6 Å². The third-order valence-electron chi connectivity index (χ3n) is 4.90. The SMILES string of the molecule is C=CCN1C(=O)/C(=C/c2ccc(OCc3ccccc3Cl)c(OC)c2)SC1=Nc1cccnc1. The molecule has 0 aliphatic carbocycles. The molecule has 0 saturated carbocycles. The normalized spacial score (nSPS) is 15.7. The van der Waals surface area contributed by atoms with E-state index >= 15 is 0 Å². The fourth-order valence-corrected chi connectivity index (χ4v) is 4.43. The van der Waals surface area contributed by atoms with Crippen LogP contribution in [-0.2, 0) is 11.4 Å². The molecular weight excluding hydrogens is 470 g/mol. The first-order valence-electron chi connectivity index (χ1n) is 10.4. The zero-order valence-corrected chi connectivity index (χ0v) is 20.1. The Balaban J connectivity index is 1.56. The summed E-state index contributed by atoms with van der Waals surface area (Å²) in [7, 11) is 1.58. The second-order valence-corrected chi connectivity index (χ2v) is 8.63. The summed E-state index contributed by atoms with van der Waals surface area (Å²) in [6.07, 6.45) is 6.82. The Hall–Kier alpha value is -3.55. The van der Waals surface area contributed by atoms with Gasteiger partial charge in [-0.05, 0) is 53.7 Å². The number of benzene rings is 2. The second kappa shape index (κ2) is 11.0. The number of aliphatic imine (C=N–C) groups is 1. The summed E-state index contributed by atoms with van der Waals surface area (Å²) in [5.74, 6) is 1.01. The van der Waals surface area contributed by atoms with E-state index in [4.69, 9.17) is 21.1 Å². The quantitative estimate of drug-likeness (QED) is 0.281. The third kappa shape index (κ3) is 5.50. The number of amidine groups is 1. The average Bonchev–Trinajstić information content (AvgIpc) is 3.13. The van der Waals surface area contributed by atoms with Crippen molar-refractivity contribution in [2.45, 2.75) is 6.61 Å². The molecule has 34 heavy (non-hydrogen) atoms. The molecule has 0 N–H and O–H groups in total. The molecule has 0 bridgehead atoms. The zero-order chi connectivity index (χ0) is 23.9. The summed E-state index contributed by atoms with van der Waals surface area (Å²) in [5, 5.41) is 1.23. The van der Waals surface area contributed by atoms with Crippen LogP contribution < -0.4 is 9.47 Å². The predicted octanol–water partition coefficient (Wildman–Crippen LogP) is 6.11. The van der Waals surface area contributed by atoms with Gasteiger partial charge < -0.3 is 9.47 Å². The molecule has 0 unspecified atom stereocenters. The molecule has 1 fully saturated rings. The highest BCUT2D eigenvalue weighted by Gasteiger charge is 2.32. The van der Waals surface area contributed by atoms with Crippen LogP contribution in [0.4, 0.5) is 5.69 Å². The van der Waals surface area contributed by atoms with E-state index in [1.807, 2.05) is 54.6 Å². The molecule has 0 radical (unpaired) electrons. The van der Waals surface area contributed by atoms with E-state index in [9.17, 15) is 4.79 Å². The van der Waals surface area contributed by atoms with Gasteiger partial charge in [0.05, 0.1) is 23.9 Å².